The molecule has 3 aromatic rings. The van der Waals surface area contributed by atoms with Crippen molar-refractivity contribution in [2.45, 2.75) is 24.3 Å². The van der Waals surface area contributed by atoms with Crippen molar-refractivity contribution in [1.82, 2.24) is 4.72 Å². The van der Waals surface area contributed by atoms with Crippen LogP contribution < -0.4 is 19.5 Å². The molecule has 0 aliphatic rings. The summed E-state index contributed by atoms with van der Waals surface area (Å²) in [5.74, 6) is 0.772. The van der Waals surface area contributed by atoms with Crippen LogP contribution in [0, 0.1) is 6.92 Å². The molecular formula is C24H26N2O5S. The third-order valence-corrected chi connectivity index (χ3v) is 6.40. The van der Waals surface area contributed by atoms with Gasteiger partial charge in [-0.1, -0.05) is 30.3 Å². The maximum atomic E-state index is 13.1. The summed E-state index contributed by atoms with van der Waals surface area (Å²) >= 11 is 0. The first kappa shape index (κ1) is 23.3. The molecule has 0 aromatic heterocycles. The van der Waals surface area contributed by atoms with Gasteiger partial charge in [0.2, 0.25) is 15.9 Å². The van der Waals surface area contributed by atoms with Gasteiger partial charge in [-0.15, -0.1) is 0 Å². The molecule has 0 fully saturated rings. The number of amides is 1. The van der Waals surface area contributed by atoms with Gasteiger partial charge in [0.15, 0.2) is 0 Å². The fraction of sp³-hybridized carbons (Fsp3) is 0.208. The first-order chi connectivity index (χ1) is 15.3. The van der Waals surface area contributed by atoms with E-state index in [1.807, 2.05) is 30.3 Å². The van der Waals surface area contributed by atoms with Gasteiger partial charge in [0.05, 0.1) is 19.1 Å². The lowest BCUT2D eigenvalue weighted by atomic mass is 10.1. The molecule has 0 unspecified atom stereocenters. The maximum absolute atomic E-state index is 13.1. The molecule has 0 saturated carbocycles. The maximum Gasteiger partial charge on any atom is 0.242 e. The summed E-state index contributed by atoms with van der Waals surface area (Å²) in [4.78, 5) is 13.1. The third kappa shape index (κ3) is 5.87. The Morgan fingerprint density at radius 3 is 2.22 bits per heavy atom. The van der Waals surface area contributed by atoms with E-state index in [0.717, 1.165) is 5.56 Å². The number of ether oxygens (including phenoxy) is 2. The Hall–Kier alpha value is -3.36. The zero-order valence-electron chi connectivity index (χ0n) is 18.2. The van der Waals surface area contributed by atoms with Gasteiger partial charge in [0.25, 0.3) is 0 Å². The topological polar surface area (TPSA) is 93.7 Å². The number of hydrogen-bond donors (Lipinski definition) is 2. The highest BCUT2D eigenvalue weighted by Crippen LogP contribution is 2.22. The number of hydrogen-bond acceptors (Lipinski definition) is 5. The standard InChI is InChI=1S/C24H26N2O5S/c1-17-15-21(13-14-23(17)31-3)32(28,29)26-22(16-18-7-5-4-6-8-18)24(27)25-19-9-11-20(30-2)12-10-19/h4-15,22,26H,16H2,1-3H3,(H,25,27)/t22-/m1/s1. The number of nitrogens with one attached hydrogen (secondary N) is 2. The first-order valence-electron chi connectivity index (χ1n) is 9.98. The van der Waals surface area contributed by atoms with E-state index in [2.05, 4.69) is 10.0 Å². The van der Waals surface area contributed by atoms with Crippen LogP contribution in [0.1, 0.15) is 11.1 Å². The van der Waals surface area contributed by atoms with Crippen molar-refractivity contribution in [3.63, 3.8) is 0 Å². The second-order valence-corrected chi connectivity index (χ2v) is 8.93. The summed E-state index contributed by atoms with van der Waals surface area (Å²) in [5, 5.41) is 2.78. The quantitative estimate of drug-likeness (QED) is 0.516. The molecule has 7 nitrogen and oxygen atoms in total. The van der Waals surface area contributed by atoms with Crippen LogP contribution in [0.15, 0.2) is 77.7 Å². The average molecular weight is 455 g/mol. The molecule has 0 saturated heterocycles. The van der Waals surface area contributed by atoms with E-state index >= 15 is 0 Å². The number of sulfonamides is 1. The van der Waals surface area contributed by atoms with Crippen LogP contribution in [-0.2, 0) is 21.2 Å². The van der Waals surface area contributed by atoms with Crippen LogP contribution in [0.3, 0.4) is 0 Å². The Morgan fingerprint density at radius 2 is 1.62 bits per heavy atom. The summed E-state index contributed by atoms with van der Waals surface area (Å²) < 4.78 is 39.0. The molecule has 168 valence electrons. The molecule has 0 aliphatic heterocycles. The van der Waals surface area contributed by atoms with Crippen LogP contribution in [-0.4, -0.2) is 34.6 Å². The molecule has 32 heavy (non-hydrogen) atoms. The number of carbonyl (C=O) groups is 1. The number of benzene rings is 3. The van der Waals surface area contributed by atoms with Gasteiger partial charge in [-0.2, -0.15) is 4.72 Å². The van der Waals surface area contributed by atoms with Gasteiger partial charge in [-0.3, -0.25) is 4.79 Å². The van der Waals surface area contributed by atoms with E-state index in [1.54, 1.807) is 44.4 Å². The fourth-order valence-corrected chi connectivity index (χ4v) is 4.49. The molecule has 0 aliphatic carbocycles. The Bertz CT molecular complexity index is 1160. The van der Waals surface area contributed by atoms with Crippen LogP contribution in [0.5, 0.6) is 11.5 Å². The smallest absolute Gasteiger partial charge is 0.242 e. The van der Waals surface area contributed by atoms with Crippen LogP contribution >= 0.6 is 0 Å². The highest BCUT2D eigenvalue weighted by atomic mass is 32.2. The number of carbonyl (C=O) groups excluding carboxylic acids is 1. The molecular weight excluding hydrogens is 428 g/mol. The minimum Gasteiger partial charge on any atom is -0.497 e. The number of aryl methyl sites for hydroxylation is 1. The second kappa shape index (κ2) is 10.3. The first-order valence-corrected chi connectivity index (χ1v) is 11.5. The Labute approximate surface area is 188 Å². The summed E-state index contributed by atoms with van der Waals surface area (Å²) in [7, 11) is -0.885. The molecule has 1 atom stereocenters. The lowest BCUT2D eigenvalue weighted by molar-refractivity contribution is -0.117. The minimum atomic E-state index is -3.96. The molecule has 2 N–H and O–H groups in total. The molecule has 0 heterocycles. The van der Waals surface area contributed by atoms with E-state index < -0.39 is 22.0 Å². The second-order valence-electron chi connectivity index (χ2n) is 7.21. The number of anilines is 1. The van der Waals surface area contributed by atoms with Crippen molar-refractivity contribution in [2.75, 3.05) is 19.5 Å². The highest BCUT2D eigenvalue weighted by molar-refractivity contribution is 7.89. The van der Waals surface area contributed by atoms with Gasteiger partial charge in [-0.05, 0) is 66.9 Å². The molecule has 8 heteroatoms. The summed E-state index contributed by atoms with van der Waals surface area (Å²) in [6.45, 7) is 1.76. The van der Waals surface area contributed by atoms with Gasteiger partial charge in [-0.25, -0.2) is 8.42 Å². The van der Waals surface area contributed by atoms with Crippen molar-refractivity contribution in [1.29, 1.82) is 0 Å². The lowest BCUT2D eigenvalue weighted by Gasteiger charge is -2.19. The zero-order valence-corrected chi connectivity index (χ0v) is 19.0. The summed E-state index contributed by atoms with van der Waals surface area (Å²) in [6.07, 6.45) is 0.192. The Kier molecular flexibility index (Phi) is 7.50. The van der Waals surface area contributed by atoms with Crippen LogP contribution in [0.4, 0.5) is 5.69 Å². The van der Waals surface area contributed by atoms with Crippen molar-refractivity contribution >= 4 is 21.6 Å². The highest BCUT2D eigenvalue weighted by Gasteiger charge is 2.26. The molecule has 0 radical (unpaired) electrons. The number of methoxy groups -OCH3 is 2. The normalized spacial score (nSPS) is 12.1. The van der Waals surface area contributed by atoms with Crippen molar-refractivity contribution in [2.24, 2.45) is 0 Å². The largest absolute Gasteiger partial charge is 0.497 e. The van der Waals surface area contributed by atoms with E-state index in [-0.39, 0.29) is 11.3 Å². The molecule has 0 bridgehead atoms. The Morgan fingerprint density at radius 1 is 0.938 bits per heavy atom. The molecule has 0 spiro atoms. The van der Waals surface area contributed by atoms with Crippen molar-refractivity contribution in [3.05, 3.63) is 83.9 Å². The monoisotopic (exact) mass is 454 g/mol. The zero-order chi connectivity index (χ0) is 23.1. The SMILES string of the molecule is COc1ccc(NC(=O)[C@@H](Cc2ccccc2)NS(=O)(=O)c2ccc(OC)c(C)c2)cc1. The lowest BCUT2D eigenvalue weighted by Crippen LogP contribution is -2.45. The van der Waals surface area contributed by atoms with Crippen LogP contribution in [0.2, 0.25) is 0 Å². The van der Waals surface area contributed by atoms with E-state index in [9.17, 15) is 13.2 Å². The van der Waals surface area contributed by atoms with Gasteiger partial charge in [0, 0.05) is 5.69 Å². The van der Waals surface area contributed by atoms with Crippen LogP contribution in [0.25, 0.3) is 0 Å². The Balaban J connectivity index is 1.86. The number of rotatable bonds is 9. The van der Waals surface area contributed by atoms with E-state index in [4.69, 9.17) is 9.47 Å². The minimum absolute atomic E-state index is 0.0612. The van der Waals surface area contributed by atoms with Gasteiger partial charge in [0.1, 0.15) is 17.5 Å². The summed E-state index contributed by atoms with van der Waals surface area (Å²) in [6, 6.07) is 19.6. The fourth-order valence-electron chi connectivity index (χ4n) is 3.21. The van der Waals surface area contributed by atoms with E-state index in [0.29, 0.717) is 22.7 Å². The summed E-state index contributed by atoms with van der Waals surface area (Å²) in [5.41, 5.74) is 2.04. The molecule has 1 amide bonds. The average Bonchev–Trinajstić information content (AvgIpc) is 2.79. The predicted octanol–water partition coefficient (Wildman–Crippen LogP) is 3.54. The van der Waals surface area contributed by atoms with Gasteiger partial charge < -0.3 is 14.8 Å². The van der Waals surface area contributed by atoms with E-state index in [1.165, 1.54) is 19.2 Å². The third-order valence-electron chi connectivity index (χ3n) is 4.93. The molecule has 3 aromatic carbocycles. The predicted molar refractivity (Wildman–Crippen MR) is 124 cm³/mol. The molecule has 3 rings (SSSR count). The van der Waals surface area contributed by atoms with Gasteiger partial charge >= 0.3 is 0 Å². The van der Waals surface area contributed by atoms with Crippen molar-refractivity contribution < 1.29 is 22.7 Å². The van der Waals surface area contributed by atoms with Crippen molar-refractivity contribution in [3.8, 4) is 11.5 Å².